The minimum atomic E-state index is -1.44. The maximum absolute atomic E-state index is 14.0. The lowest BCUT2D eigenvalue weighted by atomic mass is 9.99. The molecular weight excluding hydrogens is 281 g/mol. The number of nitrogens with zero attached hydrogens (tertiary/aromatic N) is 1. The van der Waals surface area contributed by atoms with Crippen LogP contribution in [0.5, 0.6) is 0 Å². The Labute approximate surface area is 123 Å². The van der Waals surface area contributed by atoms with E-state index < -0.39 is 23.5 Å². The van der Waals surface area contributed by atoms with Crippen molar-refractivity contribution in [3.8, 4) is 0 Å². The Morgan fingerprint density at radius 3 is 2.76 bits per heavy atom. The highest BCUT2D eigenvalue weighted by molar-refractivity contribution is 5.25. The molecule has 1 N–H and O–H groups in total. The van der Waals surface area contributed by atoms with Crippen LogP contribution in [-0.4, -0.2) is 44.3 Å². The Hall–Kier alpha value is -1.11. The molecule has 0 aromatic heterocycles. The Bertz CT molecular complexity index is 482. The Kier molecular flexibility index (Phi) is 5.61. The zero-order chi connectivity index (χ0) is 15.4. The van der Waals surface area contributed by atoms with Crippen molar-refractivity contribution in [2.75, 3.05) is 33.3 Å². The third-order valence-electron chi connectivity index (χ3n) is 3.80. The van der Waals surface area contributed by atoms with Crippen molar-refractivity contribution in [1.29, 1.82) is 0 Å². The fraction of sp³-hybridized carbons (Fsp3) is 0.600. The van der Waals surface area contributed by atoms with Crippen LogP contribution in [0.4, 0.5) is 13.2 Å². The number of likely N-dealkylation sites (N-methyl/N-ethyl adjacent to an activating group) is 1. The van der Waals surface area contributed by atoms with Crippen LogP contribution in [-0.2, 0) is 4.74 Å². The maximum Gasteiger partial charge on any atom is 0.194 e. The first-order chi connectivity index (χ1) is 10.1. The molecule has 0 aliphatic carbocycles. The Morgan fingerprint density at radius 2 is 2.10 bits per heavy atom. The molecule has 0 bridgehead atoms. The Balaban J connectivity index is 2.21. The van der Waals surface area contributed by atoms with Gasteiger partial charge in [-0.15, -0.1) is 0 Å². The SMILES string of the molecule is CCCN1CCOC(C(NC)c2ccc(F)c(F)c2F)C1. The predicted octanol–water partition coefficient (Wildman–Crippen LogP) is 2.48. The molecule has 118 valence electrons. The van der Waals surface area contributed by atoms with Crippen molar-refractivity contribution < 1.29 is 17.9 Å². The number of morpholine rings is 1. The minimum Gasteiger partial charge on any atom is -0.374 e. The first-order valence-corrected chi connectivity index (χ1v) is 7.23. The summed E-state index contributed by atoms with van der Waals surface area (Å²) in [5.74, 6) is -3.76. The van der Waals surface area contributed by atoms with Crippen LogP contribution in [0.15, 0.2) is 12.1 Å². The summed E-state index contributed by atoms with van der Waals surface area (Å²) in [6.07, 6.45) is 0.728. The Morgan fingerprint density at radius 1 is 1.33 bits per heavy atom. The van der Waals surface area contributed by atoms with Crippen LogP contribution in [0.25, 0.3) is 0 Å². The zero-order valence-electron chi connectivity index (χ0n) is 12.3. The monoisotopic (exact) mass is 302 g/mol. The van der Waals surface area contributed by atoms with Gasteiger partial charge in [-0.2, -0.15) is 0 Å². The summed E-state index contributed by atoms with van der Waals surface area (Å²) in [7, 11) is 1.66. The molecule has 1 heterocycles. The summed E-state index contributed by atoms with van der Waals surface area (Å²) in [4.78, 5) is 2.23. The molecule has 1 fully saturated rings. The van der Waals surface area contributed by atoms with E-state index in [2.05, 4.69) is 17.1 Å². The molecule has 2 rings (SSSR count). The highest BCUT2D eigenvalue weighted by atomic mass is 19.2. The summed E-state index contributed by atoms with van der Waals surface area (Å²) in [5, 5.41) is 2.96. The van der Waals surface area contributed by atoms with Gasteiger partial charge in [0.1, 0.15) is 0 Å². The second-order valence-electron chi connectivity index (χ2n) is 5.24. The molecule has 0 amide bonds. The van der Waals surface area contributed by atoms with E-state index in [0.717, 1.165) is 25.6 Å². The van der Waals surface area contributed by atoms with Gasteiger partial charge in [0.25, 0.3) is 0 Å². The molecule has 0 radical (unpaired) electrons. The molecule has 3 nitrogen and oxygen atoms in total. The molecule has 1 aliphatic rings. The zero-order valence-corrected chi connectivity index (χ0v) is 12.3. The van der Waals surface area contributed by atoms with Gasteiger partial charge in [-0.1, -0.05) is 13.0 Å². The molecule has 0 saturated carbocycles. The van der Waals surface area contributed by atoms with E-state index in [4.69, 9.17) is 4.74 Å². The standard InChI is InChI=1S/C15H21F3N2O/c1-3-6-20-7-8-21-12(9-20)15(19-2)10-4-5-11(16)14(18)13(10)17/h4-5,12,15,19H,3,6-9H2,1-2H3. The van der Waals surface area contributed by atoms with Gasteiger partial charge in [0.05, 0.1) is 18.8 Å². The first-order valence-electron chi connectivity index (χ1n) is 7.23. The van der Waals surface area contributed by atoms with E-state index in [-0.39, 0.29) is 11.7 Å². The molecule has 21 heavy (non-hydrogen) atoms. The number of ether oxygens (including phenoxy) is 1. The average Bonchev–Trinajstić information content (AvgIpc) is 2.49. The van der Waals surface area contributed by atoms with Crippen LogP contribution in [0.3, 0.4) is 0 Å². The number of benzene rings is 1. The number of halogens is 3. The summed E-state index contributed by atoms with van der Waals surface area (Å²) in [5.41, 5.74) is 0.0970. The van der Waals surface area contributed by atoms with Crippen molar-refractivity contribution in [2.24, 2.45) is 0 Å². The van der Waals surface area contributed by atoms with Gasteiger partial charge in [0.15, 0.2) is 17.5 Å². The third kappa shape index (κ3) is 3.56. The highest BCUT2D eigenvalue weighted by Crippen LogP contribution is 2.26. The molecule has 1 saturated heterocycles. The van der Waals surface area contributed by atoms with E-state index in [1.165, 1.54) is 6.07 Å². The van der Waals surface area contributed by atoms with Crippen molar-refractivity contribution in [2.45, 2.75) is 25.5 Å². The lowest BCUT2D eigenvalue weighted by molar-refractivity contribution is -0.0465. The van der Waals surface area contributed by atoms with Gasteiger partial charge in [-0.25, -0.2) is 13.2 Å². The van der Waals surface area contributed by atoms with Crippen molar-refractivity contribution in [3.05, 3.63) is 35.1 Å². The van der Waals surface area contributed by atoms with Crippen LogP contribution >= 0.6 is 0 Å². The topological polar surface area (TPSA) is 24.5 Å². The molecule has 1 aromatic rings. The number of rotatable bonds is 5. The first kappa shape index (κ1) is 16.3. The molecule has 1 aliphatic heterocycles. The lowest BCUT2D eigenvalue weighted by Gasteiger charge is -2.37. The van der Waals surface area contributed by atoms with Crippen molar-refractivity contribution in [3.63, 3.8) is 0 Å². The lowest BCUT2D eigenvalue weighted by Crippen LogP contribution is -2.48. The fourth-order valence-electron chi connectivity index (χ4n) is 2.78. The summed E-state index contributed by atoms with van der Waals surface area (Å²) >= 11 is 0. The maximum atomic E-state index is 14.0. The molecule has 2 atom stereocenters. The van der Waals surface area contributed by atoms with Gasteiger partial charge in [0, 0.05) is 18.7 Å². The van der Waals surface area contributed by atoms with Crippen molar-refractivity contribution >= 4 is 0 Å². The number of hydrogen-bond acceptors (Lipinski definition) is 3. The van der Waals surface area contributed by atoms with Gasteiger partial charge >= 0.3 is 0 Å². The van der Waals surface area contributed by atoms with Crippen LogP contribution in [0.2, 0.25) is 0 Å². The third-order valence-corrected chi connectivity index (χ3v) is 3.80. The predicted molar refractivity (Wildman–Crippen MR) is 74.6 cm³/mol. The molecule has 1 aromatic carbocycles. The van der Waals surface area contributed by atoms with E-state index >= 15 is 0 Å². The van der Waals surface area contributed by atoms with Crippen LogP contribution in [0, 0.1) is 17.5 Å². The number of nitrogens with one attached hydrogen (secondary N) is 1. The van der Waals surface area contributed by atoms with Crippen LogP contribution < -0.4 is 5.32 Å². The van der Waals surface area contributed by atoms with Gasteiger partial charge in [0.2, 0.25) is 0 Å². The van der Waals surface area contributed by atoms with Crippen LogP contribution in [0.1, 0.15) is 24.9 Å². The van der Waals surface area contributed by atoms with E-state index in [1.807, 2.05) is 0 Å². The molecule has 6 heteroatoms. The smallest absolute Gasteiger partial charge is 0.194 e. The molecule has 0 spiro atoms. The average molecular weight is 302 g/mol. The molecule has 2 unspecified atom stereocenters. The fourth-order valence-corrected chi connectivity index (χ4v) is 2.78. The summed E-state index contributed by atoms with van der Waals surface area (Å²) < 4.78 is 46.2. The summed E-state index contributed by atoms with van der Waals surface area (Å²) in [6.45, 7) is 5.05. The quantitative estimate of drug-likeness (QED) is 0.846. The molecular formula is C15H21F3N2O. The summed E-state index contributed by atoms with van der Waals surface area (Å²) in [6, 6.07) is 1.71. The number of hydrogen-bond donors (Lipinski definition) is 1. The van der Waals surface area contributed by atoms with Gasteiger partial charge in [-0.05, 0) is 26.1 Å². The minimum absolute atomic E-state index is 0.0970. The van der Waals surface area contributed by atoms with Gasteiger partial charge in [-0.3, -0.25) is 4.90 Å². The van der Waals surface area contributed by atoms with E-state index in [0.29, 0.717) is 13.2 Å². The van der Waals surface area contributed by atoms with Gasteiger partial charge < -0.3 is 10.1 Å². The second-order valence-corrected chi connectivity index (χ2v) is 5.24. The highest BCUT2D eigenvalue weighted by Gasteiger charge is 2.31. The second kappa shape index (κ2) is 7.24. The normalized spacial score (nSPS) is 21.5. The van der Waals surface area contributed by atoms with E-state index in [9.17, 15) is 13.2 Å². The largest absolute Gasteiger partial charge is 0.374 e. The van der Waals surface area contributed by atoms with E-state index in [1.54, 1.807) is 7.05 Å². The van der Waals surface area contributed by atoms with Crippen molar-refractivity contribution in [1.82, 2.24) is 10.2 Å².